The molecule has 7 nitrogen and oxygen atoms in total. The Labute approximate surface area is 115 Å². The van der Waals surface area contributed by atoms with Crippen LogP contribution in [0.15, 0.2) is 17.5 Å². The molecule has 2 rings (SSSR count). The minimum absolute atomic E-state index is 0.238. The molecule has 2 heterocycles. The number of hydrogen-bond donors (Lipinski definition) is 2. The lowest BCUT2D eigenvalue weighted by molar-refractivity contribution is 0.378. The highest BCUT2D eigenvalue weighted by atomic mass is 32.1. The monoisotopic (exact) mass is 280 g/mol. The fraction of sp³-hybridized carbons (Fsp3) is 0.364. The summed E-state index contributed by atoms with van der Waals surface area (Å²) < 4.78 is 5.05. The molecule has 2 aromatic heterocycles. The molecule has 0 spiro atoms. The number of nitrogen functional groups attached to an aromatic ring is 1. The summed E-state index contributed by atoms with van der Waals surface area (Å²) in [5.41, 5.74) is 2.41. The van der Waals surface area contributed by atoms with Gasteiger partial charge in [-0.2, -0.15) is 15.0 Å². The summed E-state index contributed by atoms with van der Waals surface area (Å²) >= 11 is 1.70. The van der Waals surface area contributed by atoms with Gasteiger partial charge in [0, 0.05) is 11.4 Å². The Morgan fingerprint density at radius 3 is 2.84 bits per heavy atom. The standard InChI is InChI=1S/C11H16N6OS/c1-3-17(7-8-5-4-6-19-8)10-13-9(16-12)14-11(15-10)18-2/h4-6H,3,7,12H2,1-2H3,(H,13,14,15,16). The van der Waals surface area contributed by atoms with E-state index in [2.05, 4.69) is 26.4 Å². The number of hydrazine groups is 1. The molecule has 0 amide bonds. The van der Waals surface area contributed by atoms with Crippen molar-refractivity contribution in [1.82, 2.24) is 15.0 Å². The second-order valence-corrected chi connectivity index (χ2v) is 4.72. The Balaban J connectivity index is 2.26. The van der Waals surface area contributed by atoms with Crippen molar-refractivity contribution in [3.05, 3.63) is 22.4 Å². The summed E-state index contributed by atoms with van der Waals surface area (Å²) in [5, 5.41) is 2.05. The molecule has 2 aromatic rings. The van der Waals surface area contributed by atoms with Crippen LogP contribution in [0, 0.1) is 0 Å². The fourth-order valence-electron chi connectivity index (χ4n) is 1.56. The van der Waals surface area contributed by atoms with Crippen LogP contribution in [-0.2, 0) is 6.54 Å². The molecular formula is C11H16N6OS. The molecule has 0 saturated carbocycles. The van der Waals surface area contributed by atoms with Crippen LogP contribution in [0.1, 0.15) is 11.8 Å². The van der Waals surface area contributed by atoms with Gasteiger partial charge in [-0.05, 0) is 18.4 Å². The van der Waals surface area contributed by atoms with E-state index in [-0.39, 0.29) is 12.0 Å². The lowest BCUT2D eigenvalue weighted by atomic mass is 10.4. The summed E-state index contributed by atoms with van der Waals surface area (Å²) in [6.07, 6.45) is 0. The smallest absolute Gasteiger partial charge is 0.322 e. The van der Waals surface area contributed by atoms with Gasteiger partial charge in [0.15, 0.2) is 0 Å². The first-order valence-corrected chi connectivity index (χ1v) is 6.68. The topological polar surface area (TPSA) is 89.2 Å². The van der Waals surface area contributed by atoms with Crippen molar-refractivity contribution in [2.24, 2.45) is 5.84 Å². The molecule has 0 atom stereocenters. The molecule has 0 aliphatic heterocycles. The third kappa shape index (κ3) is 3.30. The average Bonchev–Trinajstić information content (AvgIpc) is 2.97. The number of nitrogens with zero attached hydrogens (tertiary/aromatic N) is 4. The summed E-state index contributed by atoms with van der Waals surface area (Å²) in [7, 11) is 1.51. The highest BCUT2D eigenvalue weighted by molar-refractivity contribution is 7.09. The summed E-state index contributed by atoms with van der Waals surface area (Å²) in [4.78, 5) is 15.7. The van der Waals surface area contributed by atoms with Crippen LogP contribution in [0.3, 0.4) is 0 Å². The van der Waals surface area contributed by atoms with Crippen molar-refractivity contribution in [3.63, 3.8) is 0 Å². The largest absolute Gasteiger partial charge is 0.467 e. The Morgan fingerprint density at radius 1 is 1.42 bits per heavy atom. The van der Waals surface area contributed by atoms with Crippen LogP contribution in [0.2, 0.25) is 0 Å². The van der Waals surface area contributed by atoms with E-state index in [1.165, 1.54) is 12.0 Å². The molecule has 3 N–H and O–H groups in total. The number of hydrogen-bond acceptors (Lipinski definition) is 8. The van der Waals surface area contributed by atoms with Gasteiger partial charge < -0.3 is 9.64 Å². The van der Waals surface area contributed by atoms with E-state index < -0.39 is 0 Å². The number of ether oxygens (including phenoxy) is 1. The van der Waals surface area contributed by atoms with Crippen molar-refractivity contribution in [1.29, 1.82) is 0 Å². The van der Waals surface area contributed by atoms with Crippen LogP contribution < -0.4 is 20.9 Å². The molecule has 0 unspecified atom stereocenters. The average molecular weight is 280 g/mol. The Bertz CT molecular complexity index is 496. The maximum Gasteiger partial charge on any atom is 0.322 e. The molecule has 0 bridgehead atoms. The summed E-state index contributed by atoms with van der Waals surface area (Å²) in [5.74, 6) is 6.17. The molecule has 8 heteroatoms. The van der Waals surface area contributed by atoms with E-state index in [1.807, 2.05) is 23.3 Å². The van der Waals surface area contributed by atoms with Crippen molar-refractivity contribution in [2.75, 3.05) is 24.0 Å². The van der Waals surface area contributed by atoms with E-state index in [1.54, 1.807) is 11.3 Å². The first-order valence-electron chi connectivity index (χ1n) is 5.80. The zero-order valence-corrected chi connectivity index (χ0v) is 11.6. The SMILES string of the molecule is CCN(Cc1cccs1)c1nc(NN)nc(OC)n1. The van der Waals surface area contributed by atoms with Gasteiger partial charge in [-0.15, -0.1) is 11.3 Å². The third-order valence-electron chi connectivity index (χ3n) is 2.51. The van der Waals surface area contributed by atoms with E-state index in [9.17, 15) is 0 Å². The van der Waals surface area contributed by atoms with E-state index in [4.69, 9.17) is 10.6 Å². The lowest BCUT2D eigenvalue weighted by Gasteiger charge is -2.20. The Kier molecular flexibility index (Phi) is 4.48. The van der Waals surface area contributed by atoms with Crippen LogP contribution in [-0.4, -0.2) is 28.6 Å². The summed E-state index contributed by atoms with van der Waals surface area (Å²) in [6.45, 7) is 3.56. The molecule has 0 aromatic carbocycles. The maximum absolute atomic E-state index is 5.35. The molecule has 0 fully saturated rings. The van der Waals surface area contributed by atoms with Gasteiger partial charge >= 0.3 is 6.01 Å². The van der Waals surface area contributed by atoms with Gasteiger partial charge in [0.25, 0.3) is 0 Å². The number of aromatic nitrogens is 3. The number of thiophene rings is 1. The molecular weight excluding hydrogens is 264 g/mol. The van der Waals surface area contributed by atoms with Gasteiger partial charge in [0.1, 0.15) is 0 Å². The number of rotatable bonds is 6. The van der Waals surface area contributed by atoms with Gasteiger partial charge in [0.2, 0.25) is 11.9 Å². The summed E-state index contributed by atoms with van der Waals surface area (Å²) in [6, 6.07) is 4.34. The third-order valence-corrected chi connectivity index (χ3v) is 3.37. The fourth-order valence-corrected chi connectivity index (χ4v) is 2.28. The number of nitrogens with two attached hydrogens (primary N) is 1. The van der Waals surface area contributed by atoms with E-state index in [0.29, 0.717) is 5.95 Å². The number of nitrogens with one attached hydrogen (secondary N) is 1. The highest BCUT2D eigenvalue weighted by Crippen LogP contribution is 2.18. The van der Waals surface area contributed by atoms with Crippen molar-refractivity contribution >= 4 is 23.2 Å². The normalized spacial score (nSPS) is 10.3. The predicted octanol–water partition coefficient (Wildman–Crippen LogP) is 1.25. The number of methoxy groups -OCH3 is 1. The Hall–Kier alpha value is -1.93. The van der Waals surface area contributed by atoms with Crippen LogP contribution in [0.5, 0.6) is 6.01 Å². The minimum Gasteiger partial charge on any atom is -0.467 e. The zero-order valence-electron chi connectivity index (χ0n) is 10.8. The van der Waals surface area contributed by atoms with Gasteiger partial charge in [-0.1, -0.05) is 6.07 Å². The van der Waals surface area contributed by atoms with E-state index in [0.717, 1.165) is 13.1 Å². The Morgan fingerprint density at radius 2 is 2.26 bits per heavy atom. The van der Waals surface area contributed by atoms with Gasteiger partial charge in [-0.3, -0.25) is 5.43 Å². The quantitative estimate of drug-likeness (QED) is 0.608. The molecule has 0 saturated heterocycles. The maximum atomic E-state index is 5.35. The molecule has 102 valence electrons. The second-order valence-electron chi connectivity index (χ2n) is 3.68. The van der Waals surface area contributed by atoms with Crippen LogP contribution in [0.25, 0.3) is 0 Å². The van der Waals surface area contributed by atoms with Gasteiger partial charge in [0.05, 0.1) is 13.7 Å². The van der Waals surface area contributed by atoms with Gasteiger partial charge in [-0.25, -0.2) is 5.84 Å². The zero-order chi connectivity index (χ0) is 13.7. The minimum atomic E-state index is 0.238. The molecule has 19 heavy (non-hydrogen) atoms. The van der Waals surface area contributed by atoms with Crippen LogP contribution in [0.4, 0.5) is 11.9 Å². The van der Waals surface area contributed by atoms with Crippen molar-refractivity contribution in [2.45, 2.75) is 13.5 Å². The van der Waals surface area contributed by atoms with Crippen molar-refractivity contribution in [3.8, 4) is 6.01 Å². The van der Waals surface area contributed by atoms with Crippen molar-refractivity contribution < 1.29 is 4.74 Å². The molecule has 0 radical (unpaired) electrons. The van der Waals surface area contributed by atoms with E-state index >= 15 is 0 Å². The predicted molar refractivity (Wildman–Crippen MR) is 75.2 cm³/mol. The number of anilines is 2. The molecule has 0 aliphatic rings. The second kappa shape index (κ2) is 6.30. The first-order chi connectivity index (χ1) is 9.26. The molecule has 0 aliphatic carbocycles. The van der Waals surface area contributed by atoms with Crippen LogP contribution >= 0.6 is 11.3 Å². The highest BCUT2D eigenvalue weighted by Gasteiger charge is 2.13. The lowest BCUT2D eigenvalue weighted by Crippen LogP contribution is -2.25. The first kappa shape index (κ1) is 13.5.